The average Bonchev–Trinajstić information content (AvgIpc) is 3.32. The van der Waals surface area contributed by atoms with Crippen molar-refractivity contribution in [2.45, 2.75) is 27.7 Å². The van der Waals surface area contributed by atoms with Gasteiger partial charge in [0.25, 0.3) is 0 Å². The summed E-state index contributed by atoms with van der Waals surface area (Å²) in [6.45, 7) is 7.72. The van der Waals surface area contributed by atoms with Crippen molar-refractivity contribution in [2.75, 3.05) is 9.80 Å². The first kappa shape index (κ1) is 41.5. The van der Waals surface area contributed by atoms with E-state index in [0.29, 0.717) is 45.0 Å². The van der Waals surface area contributed by atoms with E-state index in [1.807, 2.05) is 113 Å². The van der Waals surface area contributed by atoms with Gasteiger partial charge >= 0.3 is 0 Å². The SMILES string of the molecule is Cc1cccc(-c2cc(N(c3ccc(C#N)cc3)c3ccc4ccc5c(N(c6ccc(C#N)cc6)c6cc(-c7cccc(C)c7C)c(F)cc6F)ccc6ccc3c4c65)c(F)cc2F)c1C. The van der Waals surface area contributed by atoms with E-state index in [1.54, 1.807) is 70.5 Å². The van der Waals surface area contributed by atoms with Crippen molar-refractivity contribution in [2.24, 2.45) is 0 Å². The summed E-state index contributed by atoms with van der Waals surface area (Å²) in [5.41, 5.74) is 8.75. The lowest BCUT2D eigenvalue weighted by Gasteiger charge is -2.30. The first-order valence-electron chi connectivity index (χ1n) is 21.4. The van der Waals surface area contributed by atoms with Gasteiger partial charge in [0, 0.05) is 45.4 Å². The Balaban J connectivity index is 1.24. The fourth-order valence-electron chi connectivity index (χ4n) is 9.26. The molecule has 0 heterocycles. The lowest BCUT2D eigenvalue weighted by atomic mass is 9.91. The highest BCUT2D eigenvalue weighted by molar-refractivity contribution is 6.28. The van der Waals surface area contributed by atoms with Crippen molar-refractivity contribution in [3.05, 3.63) is 214 Å². The number of nitrogens with zero attached hydrogens (tertiary/aromatic N) is 4. The molecule has 0 amide bonds. The molecule has 0 aromatic heterocycles. The second-order valence-electron chi connectivity index (χ2n) is 16.6. The lowest BCUT2D eigenvalue weighted by Crippen LogP contribution is -2.14. The summed E-state index contributed by atoms with van der Waals surface area (Å²) in [7, 11) is 0. The maximum Gasteiger partial charge on any atom is 0.150 e. The molecule has 0 aliphatic heterocycles. The number of hydrogen-bond acceptors (Lipinski definition) is 4. The number of rotatable bonds is 8. The van der Waals surface area contributed by atoms with Gasteiger partial charge in [0.2, 0.25) is 0 Å². The highest BCUT2D eigenvalue weighted by Gasteiger charge is 2.27. The van der Waals surface area contributed by atoms with E-state index in [-0.39, 0.29) is 22.5 Å². The number of nitriles is 2. The molecule has 10 aromatic rings. The van der Waals surface area contributed by atoms with Gasteiger partial charge in [-0.2, -0.15) is 10.5 Å². The first-order valence-corrected chi connectivity index (χ1v) is 21.4. The molecule has 0 radical (unpaired) electrons. The average molecular weight is 867 g/mol. The van der Waals surface area contributed by atoms with Crippen LogP contribution in [-0.2, 0) is 0 Å². The summed E-state index contributed by atoms with van der Waals surface area (Å²) in [5, 5.41) is 24.4. The molecule has 0 spiro atoms. The monoisotopic (exact) mass is 866 g/mol. The topological polar surface area (TPSA) is 54.1 Å². The van der Waals surface area contributed by atoms with Gasteiger partial charge in [-0.15, -0.1) is 0 Å². The maximum absolute atomic E-state index is 16.6. The Bertz CT molecular complexity index is 3420. The second kappa shape index (κ2) is 16.3. The van der Waals surface area contributed by atoms with Gasteiger partial charge in [-0.3, -0.25) is 0 Å². The van der Waals surface area contributed by atoms with Crippen LogP contribution in [0.3, 0.4) is 0 Å². The number of anilines is 6. The molecule has 0 atom stereocenters. The van der Waals surface area contributed by atoms with Crippen molar-refractivity contribution in [3.8, 4) is 34.4 Å². The summed E-state index contributed by atoms with van der Waals surface area (Å²) in [4.78, 5) is 3.51. The minimum atomic E-state index is -0.779. The van der Waals surface area contributed by atoms with Crippen molar-refractivity contribution in [3.63, 3.8) is 0 Å². The predicted molar refractivity (Wildman–Crippen MR) is 259 cm³/mol. The molecular weight excluding hydrogens is 829 g/mol. The van der Waals surface area contributed by atoms with Crippen LogP contribution in [0, 0.1) is 73.6 Å². The largest absolute Gasteiger partial charge is 0.307 e. The Morgan fingerprint density at radius 1 is 0.379 bits per heavy atom. The van der Waals surface area contributed by atoms with E-state index in [4.69, 9.17) is 0 Å². The molecule has 0 bridgehead atoms. The highest BCUT2D eigenvalue weighted by atomic mass is 19.1. The summed E-state index contributed by atoms with van der Waals surface area (Å²) in [5.74, 6) is -2.95. The quantitative estimate of drug-likeness (QED) is 0.113. The lowest BCUT2D eigenvalue weighted by molar-refractivity contribution is 0.585. The molecule has 0 N–H and O–H groups in total. The van der Waals surface area contributed by atoms with Crippen LogP contribution >= 0.6 is 0 Å². The van der Waals surface area contributed by atoms with Gasteiger partial charge in [0.05, 0.1) is 46.0 Å². The van der Waals surface area contributed by atoms with E-state index in [9.17, 15) is 10.5 Å². The van der Waals surface area contributed by atoms with Crippen LogP contribution < -0.4 is 9.80 Å². The Morgan fingerprint density at radius 3 is 1.14 bits per heavy atom. The van der Waals surface area contributed by atoms with E-state index < -0.39 is 23.3 Å². The maximum atomic E-state index is 16.6. The zero-order valence-electron chi connectivity index (χ0n) is 36.3. The van der Waals surface area contributed by atoms with E-state index in [0.717, 1.165) is 66.7 Å². The molecular formula is C58H38F4N4. The van der Waals surface area contributed by atoms with Crippen molar-refractivity contribution >= 4 is 66.4 Å². The molecule has 318 valence electrons. The Hall–Kier alpha value is -8.46. The van der Waals surface area contributed by atoms with Crippen molar-refractivity contribution < 1.29 is 17.6 Å². The van der Waals surface area contributed by atoms with E-state index >= 15 is 17.6 Å². The van der Waals surface area contributed by atoms with Gasteiger partial charge in [-0.25, -0.2) is 17.6 Å². The predicted octanol–water partition coefficient (Wildman–Crippen LogP) is 16.4. The first-order chi connectivity index (χ1) is 31.9. The van der Waals surface area contributed by atoms with Crippen LogP contribution in [0.4, 0.5) is 51.7 Å². The van der Waals surface area contributed by atoms with Gasteiger partial charge in [0.1, 0.15) is 23.3 Å². The van der Waals surface area contributed by atoms with Crippen molar-refractivity contribution in [1.29, 1.82) is 10.5 Å². The number of aryl methyl sites for hydroxylation is 2. The highest BCUT2D eigenvalue weighted by Crippen LogP contribution is 2.49. The molecule has 8 heteroatoms. The van der Waals surface area contributed by atoms with Gasteiger partial charge in [-0.1, -0.05) is 72.8 Å². The molecule has 66 heavy (non-hydrogen) atoms. The number of benzene rings is 10. The summed E-state index contributed by atoms with van der Waals surface area (Å²) < 4.78 is 65.1. The molecule has 0 fully saturated rings. The Kier molecular flexibility index (Phi) is 10.2. The fourth-order valence-corrected chi connectivity index (χ4v) is 9.26. The van der Waals surface area contributed by atoms with Gasteiger partial charge in [0.15, 0.2) is 0 Å². The Labute approximate surface area is 379 Å². The van der Waals surface area contributed by atoms with Crippen LogP contribution in [0.1, 0.15) is 33.4 Å². The van der Waals surface area contributed by atoms with Gasteiger partial charge in [-0.05, 0) is 155 Å². The fraction of sp³-hybridized carbons (Fsp3) is 0.0690. The molecule has 10 rings (SSSR count). The normalized spacial score (nSPS) is 11.3. The Morgan fingerprint density at radius 2 is 0.758 bits per heavy atom. The molecule has 10 aromatic carbocycles. The minimum Gasteiger partial charge on any atom is -0.307 e. The van der Waals surface area contributed by atoms with E-state index in [2.05, 4.69) is 12.1 Å². The van der Waals surface area contributed by atoms with Crippen LogP contribution in [0.25, 0.3) is 54.6 Å². The second-order valence-corrected chi connectivity index (χ2v) is 16.6. The standard InChI is InChI=1S/C58H38F4N4/c1-33-7-5-9-43(35(33)3)47-27-55(51(61)29-49(47)59)65(41-19-11-37(31-63)12-20-41)53-25-17-39-16-24-46-54(26-18-40-15-23-45(53)57(39)58(40)46)66(42-21-13-38(32-64)14-22-42)56-28-48(50(60)30-52(56)62)44-10-6-8-34(2)36(44)4/h5-30H,1-4H3. The smallest absolute Gasteiger partial charge is 0.150 e. The molecule has 0 aliphatic rings. The van der Waals surface area contributed by atoms with Crippen LogP contribution in [0.2, 0.25) is 0 Å². The minimum absolute atomic E-state index is 0.103. The summed E-state index contributed by atoms with van der Waals surface area (Å²) >= 11 is 0. The molecule has 4 nitrogen and oxygen atoms in total. The van der Waals surface area contributed by atoms with Crippen LogP contribution in [0.15, 0.2) is 158 Å². The molecule has 0 unspecified atom stereocenters. The molecule has 0 aliphatic carbocycles. The van der Waals surface area contributed by atoms with Crippen LogP contribution in [-0.4, -0.2) is 0 Å². The molecule has 0 saturated carbocycles. The summed E-state index contributed by atoms with van der Waals surface area (Å²) in [6, 6.07) is 49.8. The third-order valence-electron chi connectivity index (χ3n) is 13.0. The summed E-state index contributed by atoms with van der Waals surface area (Å²) in [6.07, 6.45) is 0. The zero-order valence-corrected chi connectivity index (χ0v) is 36.3. The third kappa shape index (κ3) is 6.83. The van der Waals surface area contributed by atoms with Crippen molar-refractivity contribution in [1.82, 2.24) is 0 Å². The molecule has 0 saturated heterocycles. The van der Waals surface area contributed by atoms with Gasteiger partial charge < -0.3 is 9.80 Å². The zero-order chi connectivity index (χ0) is 46.0. The van der Waals surface area contributed by atoms with E-state index in [1.165, 1.54) is 0 Å². The number of hydrogen-bond donors (Lipinski definition) is 0. The number of halogens is 4. The third-order valence-corrected chi connectivity index (χ3v) is 13.0. The van der Waals surface area contributed by atoms with Crippen LogP contribution in [0.5, 0.6) is 0 Å².